The van der Waals surface area contributed by atoms with Crippen molar-refractivity contribution in [3.05, 3.63) is 54.2 Å². The first kappa shape index (κ1) is 17.1. The molecule has 2 aromatic rings. The zero-order valence-corrected chi connectivity index (χ0v) is 14.1. The van der Waals surface area contributed by atoms with Crippen molar-refractivity contribution in [2.24, 2.45) is 0 Å². The first-order valence-electron chi connectivity index (χ1n) is 8.09. The summed E-state index contributed by atoms with van der Waals surface area (Å²) in [6, 6.07) is 8.82. The van der Waals surface area contributed by atoms with Crippen LogP contribution in [-0.2, 0) is 10.0 Å². The van der Waals surface area contributed by atoms with Gasteiger partial charge < -0.3 is 4.42 Å². The molecule has 1 aromatic carbocycles. The molecule has 1 aliphatic heterocycles. The maximum Gasteiger partial charge on any atom is 0.243 e. The lowest BCUT2D eigenvalue weighted by atomic mass is 10.1. The number of nitrogens with one attached hydrogen (secondary N) is 1. The molecular formula is C17H21FN2O3S. The molecule has 0 saturated carbocycles. The van der Waals surface area contributed by atoms with E-state index >= 15 is 0 Å². The lowest BCUT2D eigenvalue weighted by Gasteiger charge is -2.33. The Morgan fingerprint density at radius 1 is 1.12 bits per heavy atom. The standard InChI is InChI=1S/C17H21FN2O3S/c18-14-7-2-3-9-17(14)24(21,22)19-13-15(16-8-6-12-23-16)20-10-4-1-5-11-20/h2-3,6-9,12,15,19H,1,4-5,10-11,13H2/t15-/m1/s1. The Morgan fingerprint density at radius 3 is 2.54 bits per heavy atom. The Balaban J connectivity index is 1.77. The van der Waals surface area contributed by atoms with E-state index in [9.17, 15) is 12.8 Å². The molecule has 24 heavy (non-hydrogen) atoms. The van der Waals surface area contributed by atoms with E-state index in [4.69, 9.17) is 4.42 Å². The van der Waals surface area contributed by atoms with Crippen molar-refractivity contribution in [2.45, 2.75) is 30.2 Å². The number of nitrogens with zero attached hydrogens (tertiary/aromatic N) is 1. The minimum atomic E-state index is -3.91. The van der Waals surface area contributed by atoms with Crippen molar-refractivity contribution in [1.29, 1.82) is 0 Å². The smallest absolute Gasteiger partial charge is 0.243 e. The lowest BCUT2D eigenvalue weighted by molar-refractivity contribution is 0.147. The number of rotatable bonds is 6. The van der Waals surface area contributed by atoms with E-state index < -0.39 is 15.8 Å². The average molecular weight is 352 g/mol. The third-order valence-corrected chi connectivity index (χ3v) is 5.75. The van der Waals surface area contributed by atoms with E-state index in [-0.39, 0.29) is 17.5 Å². The van der Waals surface area contributed by atoms with Gasteiger partial charge in [0.2, 0.25) is 10.0 Å². The molecule has 3 rings (SSSR count). The number of hydrogen-bond donors (Lipinski definition) is 1. The largest absolute Gasteiger partial charge is 0.468 e. The van der Waals surface area contributed by atoms with Crippen LogP contribution in [0.5, 0.6) is 0 Å². The van der Waals surface area contributed by atoms with Crippen molar-refractivity contribution in [3.63, 3.8) is 0 Å². The summed E-state index contributed by atoms with van der Waals surface area (Å²) in [5, 5.41) is 0. The number of benzene rings is 1. The van der Waals surface area contributed by atoms with Crippen LogP contribution in [0.3, 0.4) is 0 Å². The van der Waals surface area contributed by atoms with Crippen molar-refractivity contribution in [2.75, 3.05) is 19.6 Å². The second-order valence-corrected chi connectivity index (χ2v) is 7.65. The van der Waals surface area contributed by atoms with Gasteiger partial charge in [-0.05, 0) is 50.2 Å². The molecule has 5 nitrogen and oxygen atoms in total. The first-order valence-corrected chi connectivity index (χ1v) is 9.58. The molecule has 0 amide bonds. The molecule has 0 aliphatic carbocycles. The number of piperidine rings is 1. The Labute approximate surface area is 141 Å². The van der Waals surface area contributed by atoms with Crippen LogP contribution in [0.2, 0.25) is 0 Å². The van der Waals surface area contributed by atoms with E-state index in [2.05, 4.69) is 9.62 Å². The van der Waals surface area contributed by atoms with Gasteiger partial charge in [-0.2, -0.15) is 0 Å². The Bertz CT molecular complexity index is 756. The first-order chi connectivity index (χ1) is 11.6. The van der Waals surface area contributed by atoms with E-state index in [1.165, 1.54) is 24.6 Å². The second-order valence-electron chi connectivity index (χ2n) is 5.91. The van der Waals surface area contributed by atoms with Gasteiger partial charge in [-0.3, -0.25) is 4.90 Å². The normalized spacial score (nSPS) is 17.7. The molecule has 7 heteroatoms. The maximum absolute atomic E-state index is 13.8. The van der Waals surface area contributed by atoms with Gasteiger partial charge in [0.1, 0.15) is 16.5 Å². The highest BCUT2D eigenvalue weighted by atomic mass is 32.2. The van der Waals surface area contributed by atoms with E-state index in [0.717, 1.165) is 32.0 Å². The summed E-state index contributed by atoms with van der Waals surface area (Å²) in [7, 11) is -3.91. The monoisotopic (exact) mass is 352 g/mol. The van der Waals surface area contributed by atoms with Crippen molar-refractivity contribution >= 4 is 10.0 Å². The summed E-state index contributed by atoms with van der Waals surface area (Å²) in [5.41, 5.74) is 0. The number of hydrogen-bond acceptors (Lipinski definition) is 4. The van der Waals surface area contributed by atoms with Crippen molar-refractivity contribution in [1.82, 2.24) is 9.62 Å². The summed E-state index contributed by atoms with van der Waals surface area (Å²) < 4.78 is 46.6. The highest BCUT2D eigenvalue weighted by molar-refractivity contribution is 7.89. The summed E-state index contributed by atoms with van der Waals surface area (Å²) in [5.74, 6) is -0.0364. The fourth-order valence-electron chi connectivity index (χ4n) is 3.05. The average Bonchev–Trinajstić information content (AvgIpc) is 3.10. The summed E-state index contributed by atoms with van der Waals surface area (Å²) in [6.07, 6.45) is 4.93. The van der Waals surface area contributed by atoms with Crippen LogP contribution in [0.1, 0.15) is 31.1 Å². The zero-order chi connectivity index (χ0) is 17.0. The molecule has 0 unspecified atom stereocenters. The zero-order valence-electron chi connectivity index (χ0n) is 13.3. The summed E-state index contributed by atoms with van der Waals surface area (Å²) >= 11 is 0. The maximum atomic E-state index is 13.8. The molecule has 1 fully saturated rings. The Morgan fingerprint density at radius 2 is 1.88 bits per heavy atom. The molecule has 2 heterocycles. The molecule has 0 spiro atoms. The van der Waals surface area contributed by atoms with E-state index in [1.807, 2.05) is 6.07 Å². The summed E-state index contributed by atoms with van der Waals surface area (Å²) in [6.45, 7) is 1.93. The molecule has 130 valence electrons. The molecule has 0 bridgehead atoms. The van der Waals surface area contributed by atoms with Crippen LogP contribution in [-0.4, -0.2) is 33.0 Å². The Kier molecular flexibility index (Phi) is 5.33. The minimum absolute atomic E-state index is 0.143. The molecule has 0 radical (unpaired) electrons. The van der Waals surface area contributed by atoms with Gasteiger partial charge in [0, 0.05) is 6.54 Å². The lowest BCUT2D eigenvalue weighted by Crippen LogP contribution is -2.40. The molecule has 1 atom stereocenters. The van der Waals surface area contributed by atoms with Crippen LogP contribution in [0.25, 0.3) is 0 Å². The highest BCUT2D eigenvalue weighted by Gasteiger charge is 2.27. The predicted molar refractivity (Wildman–Crippen MR) is 88.5 cm³/mol. The number of furan rings is 1. The topological polar surface area (TPSA) is 62.6 Å². The quantitative estimate of drug-likeness (QED) is 0.868. The number of likely N-dealkylation sites (tertiary alicyclic amines) is 1. The van der Waals surface area contributed by atoms with Crippen LogP contribution in [0.15, 0.2) is 52.0 Å². The molecule has 1 N–H and O–H groups in total. The van der Waals surface area contributed by atoms with Gasteiger partial charge in [-0.15, -0.1) is 0 Å². The number of sulfonamides is 1. The summed E-state index contributed by atoms with van der Waals surface area (Å²) in [4.78, 5) is 1.88. The fraction of sp³-hybridized carbons (Fsp3) is 0.412. The van der Waals surface area contributed by atoms with Gasteiger partial charge in [-0.25, -0.2) is 17.5 Å². The van der Waals surface area contributed by atoms with Crippen LogP contribution in [0.4, 0.5) is 4.39 Å². The van der Waals surface area contributed by atoms with Crippen LogP contribution in [0, 0.1) is 5.82 Å². The van der Waals surface area contributed by atoms with E-state index in [0.29, 0.717) is 5.76 Å². The van der Waals surface area contributed by atoms with Gasteiger partial charge >= 0.3 is 0 Å². The molecular weight excluding hydrogens is 331 g/mol. The SMILES string of the molecule is O=S(=O)(NC[C@H](c1ccco1)N1CCCCC1)c1ccccc1F. The third-order valence-electron chi connectivity index (χ3n) is 4.30. The van der Waals surface area contributed by atoms with Gasteiger partial charge in [-0.1, -0.05) is 18.6 Å². The second kappa shape index (κ2) is 7.46. The van der Waals surface area contributed by atoms with Gasteiger partial charge in [0.15, 0.2) is 0 Å². The van der Waals surface area contributed by atoms with Crippen molar-refractivity contribution in [3.8, 4) is 0 Å². The Hall–Kier alpha value is -1.70. The van der Waals surface area contributed by atoms with Crippen molar-refractivity contribution < 1.29 is 17.2 Å². The van der Waals surface area contributed by atoms with E-state index in [1.54, 1.807) is 12.3 Å². The van der Waals surface area contributed by atoms with Gasteiger partial charge in [0.05, 0.1) is 12.3 Å². The van der Waals surface area contributed by atoms with Crippen LogP contribution >= 0.6 is 0 Å². The molecule has 1 aliphatic rings. The molecule has 1 aromatic heterocycles. The minimum Gasteiger partial charge on any atom is -0.468 e. The van der Waals surface area contributed by atoms with Gasteiger partial charge in [0.25, 0.3) is 0 Å². The highest BCUT2D eigenvalue weighted by Crippen LogP contribution is 2.25. The third kappa shape index (κ3) is 3.85. The fourth-order valence-corrected chi connectivity index (χ4v) is 4.16. The van der Waals surface area contributed by atoms with Crippen LogP contribution < -0.4 is 4.72 Å². The number of halogens is 1. The molecule has 1 saturated heterocycles. The predicted octanol–water partition coefficient (Wildman–Crippen LogP) is 2.92.